The average Bonchev–Trinajstić information content (AvgIpc) is 3.59. The molecular formula is C24H21N3O2S. The summed E-state index contributed by atoms with van der Waals surface area (Å²) in [5, 5.41) is 5.97. The Morgan fingerprint density at radius 2 is 1.73 bits per heavy atom. The van der Waals surface area contributed by atoms with Gasteiger partial charge >= 0.3 is 0 Å². The summed E-state index contributed by atoms with van der Waals surface area (Å²) < 4.78 is 1.77. The van der Waals surface area contributed by atoms with Crippen LogP contribution in [0.25, 0.3) is 21.7 Å². The number of hydrogen-bond acceptors (Lipinski definition) is 4. The number of aromatic nitrogens is 2. The summed E-state index contributed by atoms with van der Waals surface area (Å²) in [7, 11) is 0. The van der Waals surface area contributed by atoms with Crippen molar-refractivity contribution in [2.45, 2.75) is 36.2 Å². The van der Waals surface area contributed by atoms with Gasteiger partial charge in [-0.05, 0) is 43.4 Å². The highest BCUT2D eigenvalue weighted by atomic mass is 32.2. The number of para-hydroxylation sites is 1. The molecule has 5 rings (SSSR count). The van der Waals surface area contributed by atoms with Crippen molar-refractivity contribution in [1.82, 2.24) is 9.55 Å². The van der Waals surface area contributed by atoms with Crippen LogP contribution in [-0.2, 0) is 4.79 Å². The molecule has 1 heterocycles. The smallest absolute Gasteiger partial charge is 0.262 e. The molecule has 0 bridgehead atoms. The van der Waals surface area contributed by atoms with Crippen molar-refractivity contribution in [3.63, 3.8) is 0 Å². The molecule has 6 heteroatoms. The SMILES string of the molecule is C[C@H](Sc1nc2ccccc2c(=O)n1C1CC1)C(=O)Nc1cccc2ccccc12. The van der Waals surface area contributed by atoms with E-state index in [1.165, 1.54) is 11.8 Å². The van der Waals surface area contributed by atoms with Crippen LogP contribution in [0.15, 0.2) is 76.7 Å². The van der Waals surface area contributed by atoms with Gasteiger partial charge < -0.3 is 5.32 Å². The number of carbonyl (C=O) groups excluding carboxylic acids is 1. The zero-order valence-electron chi connectivity index (χ0n) is 16.5. The van der Waals surface area contributed by atoms with Gasteiger partial charge in [-0.2, -0.15) is 0 Å². The third kappa shape index (κ3) is 3.48. The second-order valence-corrected chi connectivity index (χ2v) is 8.90. The Labute approximate surface area is 178 Å². The van der Waals surface area contributed by atoms with E-state index < -0.39 is 5.25 Å². The van der Waals surface area contributed by atoms with Gasteiger partial charge in [-0.3, -0.25) is 14.2 Å². The molecule has 1 fully saturated rings. The fourth-order valence-corrected chi connectivity index (χ4v) is 4.62. The first kappa shape index (κ1) is 18.9. The molecule has 1 aliphatic carbocycles. The fourth-order valence-electron chi connectivity index (χ4n) is 3.64. The molecule has 1 aliphatic rings. The highest BCUT2D eigenvalue weighted by molar-refractivity contribution is 8.00. The van der Waals surface area contributed by atoms with Crippen LogP contribution in [0.4, 0.5) is 5.69 Å². The molecule has 3 aromatic carbocycles. The van der Waals surface area contributed by atoms with Gasteiger partial charge in [0.05, 0.1) is 16.2 Å². The van der Waals surface area contributed by atoms with Gasteiger partial charge in [-0.15, -0.1) is 0 Å². The number of nitrogens with one attached hydrogen (secondary N) is 1. The summed E-state index contributed by atoms with van der Waals surface area (Å²) >= 11 is 1.34. The molecule has 1 N–H and O–H groups in total. The molecule has 0 aliphatic heterocycles. The first-order valence-electron chi connectivity index (χ1n) is 10.1. The second kappa shape index (κ2) is 7.61. The first-order chi connectivity index (χ1) is 14.6. The predicted octanol–water partition coefficient (Wildman–Crippen LogP) is 5.00. The summed E-state index contributed by atoms with van der Waals surface area (Å²) in [6, 6.07) is 21.4. The maximum Gasteiger partial charge on any atom is 0.262 e. The van der Waals surface area contributed by atoms with Crippen LogP contribution < -0.4 is 10.9 Å². The highest BCUT2D eigenvalue weighted by Crippen LogP contribution is 2.37. The number of thioether (sulfide) groups is 1. The van der Waals surface area contributed by atoms with Crippen LogP contribution in [0.1, 0.15) is 25.8 Å². The summed E-state index contributed by atoms with van der Waals surface area (Å²) in [5.74, 6) is -0.110. The van der Waals surface area contributed by atoms with Gasteiger partial charge in [-0.25, -0.2) is 4.98 Å². The number of hydrogen-bond donors (Lipinski definition) is 1. The van der Waals surface area contributed by atoms with Crippen molar-refractivity contribution in [2.75, 3.05) is 5.32 Å². The molecule has 0 radical (unpaired) electrons. The van der Waals surface area contributed by atoms with E-state index in [2.05, 4.69) is 5.32 Å². The Kier molecular flexibility index (Phi) is 4.79. The van der Waals surface area contributed by atoms with Crippen molar-refractivity contribution in [2.24, 2.45) is 0 Å². The van der Waals surface area contributed by atoms with E-state index >= 15 is 0 Å². The number of nitrogens with zero attached hydrogens (tertiary/aromatic N) is 2. The Balaban J connectivity index is 1.44. The molecular weight excluding hydrogens is 394 g/mol. The van der Waals surface area contributed by atoms with E-state index in [0.29, 0.717) is 16.1 Å². The molecule has 4 aromatic rings. The molecule has 150 valence electrons. The minimum Gasteiger partial charge on any atom is -0.325 e. The van der Waals surface area contributed by atoms with Crippen LogP contribution in [0.2, 0.25) is 0 Å². The summed E-state index contributed by atoms with van der Waals surface area (Å²) in [6.07, 6.45) is 1.95. The van der Waals surface area contributed by atoms with Gasteiger partial charge in [0.15, 0.2) is 5.16 Å². The first-order valence-corrected chi connectivity index (χ1v) is 11.0. The monoisotopic (exact) mass is 415 g/mol. The van der Waals surface area contributed by atoms with Crippen molar-refractivity contribution in [3.05, 3.63) is 77.1 Å². The van der Waals surface area contributed by atoms with E-state index in [-0.39, 0.29) is 17.5 Å². The summed E-state index contributed by atoms with van der Waals surface area (Å²) in [4.78, 5) is 30.7. The van der Waals surface area contributed by atoms with Crippen LogP contribution in [0, 0.1) is 0 Å². The molecule has 5 nitrogen and oxygen atoms in total. The van der Waals surface area contributed by atoms with Crippen molar-refractivity contribution in [3.8, 4) is 0 Å². The van der Waals surface area contributed by atoms with E-state index in [1.54, 1.807) is 4.57 Å². The molecule has 30 heavy (non-hydrogen) atoms. The third-order valence-corrected chi connectivity index (χ3v) is 6.45. The summed E-state index contributed by atoms with van der Waals surface area (Å²) in [5.41, 5.74) is 1.44. The molecule has 0 saturated heterocycles. The zero-order valence-corrected chi connectivity index (χ0v) is 17.4. The Bertz CT molecular complexity index is 1320. The lowest BCUT2D eigenvalue weighted by Gasteiger charge is -2.16. The molecule has 1 amide bonds. The van der Waals surface area contributed by atoms with E-state index in [0.717, 1.165) is 29.3 Å². The zero-order chi connectivity index (χ0) is 20.7. The lowest BCUT2D eigenvalue weighted by atomic mass is 10.1. The molecule has 0 unspecified atom stereocenters. The van der Waals surface area contributed by atoms with Crippen LogP contribution in [-0.4, -0.2) is 20.7 Å². The largest absolute Gasteiger partial charge is 0.325 e. The topological polar surface area (TPSA) is 64.0 Å². The number of benzene rings is 3. The fraction of sp³-hybridized carbons (Fsp3) is 0.208. The number of fused-ring (bicyclic) bond motifs is 2. The third-order valence-electron chi connectivity index (χ3n) is 5.39. The van der Waals surface area contributed by atoms with E-state index in [1.807, 2.05) is 73.7 Å². The van der Waals surface area contributed by atoms with E-state index in [9.17, 15) is 9.59 Å². The van der Waals surface area contributed by atoms with Crippen LogP contribution >= 0.6 is 11.8 Å². The van der Waals surface area contributed by atoms with Gasteiger partial charge in [0.2, 0.25) is 5.91 Å². The van der Waals surface area contributed by atoms with Gasteiger partial charge in [0.25, 0.3) is 5.56 Å². The quantitative estimate of drug-likeness (QED) is 0.368. The molecule has 1 saturated carbocycles. The molecule has 1 atom stereocenters. The van der Waals surface area contributed by atoms with Gasteiger partial charge in [0, 0.05) is 17.1 Å². The minimum absolute atomic E-state index is 0.0211. The number of anilines is 1. The second-order valence-electron chi connectivity index (χ2n) is 7.59. The van der Waals surface area contributed by atoms with Crippen LogP contribution in [0.3, 0.4) is 0 Å². The average molecular weight is 416 g/mol. The molecule has 0 spiro atoms. The normalized spacial score (nSPS) is 14.7. The van der Waals surface area contributed by atoms with Gasteiger partial charge in [0.1, 0.15) is 0 Å². The van der Waals surface area contributed by atoms with Crippen molar-refractivity contribution >= 4 is 45.0 Å². The number of carbonyl (C=O) groups is 1. The lowest BCUT2D eigenvalue weighted by molar-refractivity contribution is -0.115. The Morgan fingerprint density at radius 3 is 2.53 bits per heavy atom. The Morgan fingerprint density at radius 1 is 1.03 bits per heavy atom. The van der Waals surface area contributed by atoms with E-state index in [4.69, 9.17) is 4.98 Å². The van der Waals surface area contributed by atoms with Crippen molar-refractivity contribution < 1.29 is 4.79 Å². The summed E-state index contributed by atoms with van der Waals surface area (Å²) in [6.45, 7) is 1.85. The number of rotatable bonds is 5. The van der Waals surface area contributed by atoms with Gasteiger partial charge in [-0.1, -0.05) is 60.3 Å². The number of amides is 1. The highest BCUT2D eigenvalue weighted by Gasteiger charge is 2.30. The van der Waals surface area contributed by atoms with Crippen LogP contribution in [0.5, 0.6) is 0 Å². The maximum atomic E-state index is 13.0. The maximum absolute atomic E-state index is 13.0. The molecule has 1 aromatic heterocycles. The minimum atomic E-state index is -0.401. The standard InChI is InChI=1S/C24H21N3O2S/c1-15(22(28)25-20-12-6-8-16-7-2-3-9-18(16)20)30-24-26-21-11-5-4-10-19(21)23(29)27(24)17-13-14-17/h2-12,15,17H,13-14H2,1H3,(H,25,28)/t15-/m0/s1. The predicted molar refractivity (Wildman–Crippen MR) is 122 cm³/mol. The Hall–Kier alpha value is -3.12. The van der Waals surface area contributed by atoms with Crippen molar-refractivity contribution in [1.29, 1.82) is 0 Å². The lowest BCUT2D eigenvalue weighted by Crippen LogP contribution is -2.26.